The Morgan fingerprint density at radius 1 is 1.54 bits per heavy atom. The highest BCUT2D eigenvalue weighted by Gasteiger charge is 1.96. The van der Waals surface area contributed by atoms with Crippen molar-refractivity contribution in [2.24, 2.45) is 0 Å². The van der Waals surface area contributed by atoms with Crippen LogP contribution in [0.3, 0.4) is 0 Å². The summed E-state index contributed by atoms with van der Waals surface area (Å²) in [4.78, 5) is 0. The highest BCUT2D eigenvalue weighted by atomic mass is 35.5. The van der Waals surface area contributed by atoms with Gasteiger partial charge < -0.3 is 5.32 Å². The number of nitrogens with one attached hydrogen (secondary N) is 1. The molecular formula is C10H11ClN2. The molecule has 0 spiro atoms. The van der Waals surface area contributed by atoms with Gasteiger partial charge in [0.15, 0.2) is 0 Å². The average Bonchev–Trinajstić information content (AvgIpc) is 2.12. The van der Waals surface area contributed by atoms with Gasteiger partial charge in [-0.1, -0.05) is 17.7 Å². The zero-order chi connectivity index (χ0) is 9.68. The van der Waals surface area contributed by atoms with Gasteiger partial charge >= 0.3 is 0 Å². The van der Waals surface area contributed by atoms with E-state index in [1.807, 2.05) is 25.1 Å². The molecule has 2 nitrogen and oxygen atoms in total. The predicted molar refractivity (Wildman–Crippen MR) is 54.9 cm³/mol. The van der Waals surface area contributed by atoms with Crippen LogP contribution in [0.4, 0.5) is 5.69 Å². The Morgan fingerprint density at radius 2 is 2.31 bits per heavy atom. The van der Waals surface area contributed by atoms with Gasteiger partial charge in [-0.25, -0.2) is 0 Å². The molecule has 0 aliphatic rings. The lowest BCUT2D eigenvalue weighted by Crippen LogP contribution is -1.99. The minimum atomic E-state index is 0.505. The van der Waals surface area contributed by atoms with E-state index < -0.39 is 0 Å². The van der Waals surface area contributed by atoms with E-state index in [1.165, 1.54) is 0 Å². The van der Waals surface area contributed by atoms with Gasteiger partial charge in [-0.05, 0) is 24.6 Å². The van der Waals surface area contributed by atoms with Crippen molar-refractivity contribution < 1.29 is 0 Å². The molecule has 0 saturated heterocycles. The van der Waals surface area contributed by atoms with Crippen molar-refractivity contribution in [3.8, 4) is 6.07 Å². The number of halogens is 1. The lowest BCUT2D eigenvalue weighted by molar-refractivity contribution is 1.07. The van der Waals surface area contributed by atoms with Gasteiger partial charge in [0.25, 0.3) is 0 Å². The Labute approximate surface area is 83.1 Å². The summed E-state index contributed by atoms with van der Waals surface area (Å²) in [6, 6.07) is 7.85. The molecule has 0 amide bonds. The van der Waals surface area contributed by atoms with Crippen LogP contribution in [0.5, 0.6) is 0 Å². The number of benzene rings is 1. The molecule has 0 fully saturated rings. The Hall–Kier alpha value is -1.20. The Morgan fingerprint density at radius 3 is 2.92 bits per heavy atom. The second-order valence-corrected chi connectivity index (χ2v) is 3.21. The number of aryl methyl sites for hydroxylation is 1. The van der Waals surface area contributed by atoms with E-state index in [2.05, 4.69) is 11.4 Å². The molecule has 0 aromatic heterocycles. The second kappa shape index (κ2) is 4.74. The fourth-order valence-corrected chi connectivity index (χ4v) is 1.15. The van der Waals surface area contributed by atoms with Crippen LogP contribution in [-0.4, -0.2) is 6.54 Å². The molecule has 0 heterocycles. The number of nitriles is 1. The average molecular weight is 195 g/mol. The minimum absolute atomic E-state index is 0.505. The highest BCUT2D eigenvalue weighted by molar-refractivity contribution is 6.31. The molecule has 0 bridgehead atoms. The smallest absolute Gasteiger partial charge is 0.0640 e. The fourth-order valence-electron chi connectivity index (χ4n) is 0.966. The van der Waals surface area contributed by atoms with Crippen molar-refractivity contribution in [2.45, 2.75) is 13.3 Å². The highest BCUT2D eigenvalue weighted by Crippen LogP contribution is 2.19. The zero-order valence-corrected chi connectivity index (χ0v) is 8.23. The number of hydrogen-bond donors (Lipinski definition) is 1. The topological polar surface area (TPSA) is 35.8 Å². The lowest BCUT2D eigenvalue weighted by Gasteiger charge is -2.05. The standard InChI is InChI=1S/C10H11ClN2/c1-8-3-4-9(7-10(8)11)13-6-2-5-12/h3-4,7,13H,2,6H2,1H3. The van der Waals surface area contributed by atoms with Gasteiger partial charge in [0.05, 0.1) is 12.5 Å². The summed E-state index contributed by atoms with van der Waals surface area (Å²) in [6.07, 6.45) is 0.505. The molecule has 1 rings (SSSR count). The van der Waals surface area contributed by atoms with Crippen LogP contribution in [-0.2, 0) is 0 Å². The Kier molecular flexibility index (Phi) is 3.60. The van der Waals surface area contributed by atoms with Crippen molar-refractivity contribution in [2.75, 3.05) is 11.9 Å². The summed E-state index contributed by atoms with van der Waals surface area (Å²) in [7, 11) is 0. The van der Waals surface area contributed by atoms with E-state index in [9.17, 15) is 0 Å². The summed E-state index contributed by atoms with van der Waals surface area (Å²) < 4.78 is 0. The molecular weight excluding hydrogens is 184 g/mol. The van der Waals surface area contributed by atoms with Gasteiger partial charge in [0, 0.05) is 17.3 Å². The number of hydrogen-bond acceptors (Lipinski definition) is 2. The first kappa shape index (κ1) is 9.88. The molecule has 13 heavy (non-hydrogen) atoms. The monoisotopic (exact) mass is 194 g/mol. The Balaban J connectivity index is 2.59. The molecule has 0 radical (unpaired) electrons. The maximum absolute atomic E-state index is 8.33. The number of anilines is 1. The van der Waals surface area contributed by atoms with Crippen molar-refractivity contribution in [1.29, 1.82) is 5.26 Å². The first-order chi connectivity index (χ1) is 6.24. The van der Waals surface area contributed by atoms with Crippen LogP contribution < -0.4 is 5.32 Å². The maximum Gasteiger partial charge on any atom is 0.0640 e. The first-order valence-corrected chi connectivity index (χ1v) is 4.49. The first-order valence-electron chi connectivity index (χ1n) is 4.11. The lowest BCUT2D eigenvalue weighted by atomic mass is 10.2. The van der Waals surface area contributed by atoms with Crippen LogP contribution in [0.2, 0.25) is 5.02 Å². The van der Waals surface area contributed by atoms with Crippen LogP contribution >= 0.6 is 11.6 Å². The summed E-state index contributed by atoms with van der Waals surface area (Å²) in [5.41, 5.74) is 2.03. The summed E-state index contributed by atoms with van der Waals surface area (Å²) in [5, 5.41) is 12.2. The van der Waals surface area contributed by atoms with Crippen molar-refractivity contribution in [3.05, 3.63) is 28.8 Å². The van der Waals surface area contributed by atoms with E-state index in [4.69, 9.17) is 16.9 Å². The van der Waals surface area contributed by atoms with Crippen molar-refractivity contribution in [1.82, 2.24) is 0 Å². The van der Waals surface area contributed by atoms with Crippen LogP contribution in [0.25, 0.3) is 0 Å². The summed E-state index contributed by atoms with van der Waals surface area (Å²) >= 11 is 5.92. The molecule has 1 aromatic carbocycles. The molecule has 0 aliphatic carbocycles. The fraction of sp³-hybridized carbons (Fsp3) is 0.300. The third-order valence-electron chi connectivity index (χ3n) is 1.74. The second-order valence-electron chi connectivity index (χ2n) is 2.80. The van der Waals surface area contributed by atoms with E-state index in [0.717, 1.165) is 16.3 Å². The number of nitrogens with zero attached hydrogens (tertiary/aromatic N) is 1. The number of rotatable bonds is 3. The minimum Gasteiger partial charge on any atom is -0.384 e. The molecule has 1 N–H and O–H groups in total. The molecule has 0 aliphatic heterocycles. The van der Waals surface area contributed by atoms with Crippen LogP contribution in [0.15, 0.2) is 18.2 Å². The predicted octanol–water partition coefficient (Wildman–Crippen LogP) is 2.97. The van der Waals surface area contributed by atoms with Crippen molar-refractivity contribution in [3.63, 3.8) is 0 Å². The van der Waals surface area contributed by atoms with Gasteiger partial charge in [-0.2, -0.15) is 5.26 Å². The largest absolute Gasteiger partial charge is 0.384 e. The van der Waals surface area contributed by atoms with Gasteiger partial charge in [-0.3, -0.25) is 0 Å². The molecule has 1 aromatic rings. The quantitative estimate of drug-likeness (QED) is 0.751. The molecule has 0 saturated carbocycles. The van der Waals surface area contributed by atoms with Gasteiger partial charge in [0.2, 0.25) is 0 Å². The van der Waals surface area contributed by atoms with Crippen LogP contribution in [0.1, 0.15) is 12.0 Å². The van der Waals surface area contributed by atoms with Crippen molar-refractivity contribution >= 4 is 17.3 Å². The van der Waals surface area contributed by atoms with Crippen LogP contribution in [0, 0.1) is 18.3 Å². The van der Waals surface area contributed by atoms with E-state index in [0.29, 0.717) is 13.0 Å². The summed E-state index contributed by atoms with van der Waals surface area (Å²) in [6.45, 7) is 2.62. The summed E-state index contributed by atoms with van der Waals surface area (Å²) in [5.74, 6) is 0. The SMILES string of the molecule is Cc1ccc(NCCC#N)cc1Cl. The Bertz CT molecular complexity index is 328. The van der Waals surface area contributed by atoms with E-state index in [1.54, 1.807) is 0 Å². The molecule has 0 unspecified atom stereocenters. The maximum atomic E-state index is 8.33. The molecule has 3 heteroatoms. The van der Waals surface area contributed by atoms with E-state index in [-0.39, 0.29) is 0 Å². The molecule has 68 valence electrons. The molecule has 0 atom stereocenters. The van der Waals surface area contributed by atoms with E-state index >= 15 is 0 Å². The van der Waals surface area contributed by atoms with Gasteiger partial charge in [-0.15, -0.1) is 0 Å². The van der Waals surface area contributed by atoms with Gasteiger partial charge in [0.1, 0.15) is 0 Å². The third-order valence-corrected chi connectivity index (χ3v) is 2.14. The normalized spacial score (nSPS) is 9.31. The third kappa shape index (κ3) is 2.96. The zero-order valence-electron chi connectivity index (χ0n) is 7.47.